The Morgan fingerprint density at radius 1 is 0.839 bits per heavy atom. The van der Waals surface area contributed by atoms with Crippen molar-refractivity contribution in [2.45, 2.75) is 121 Å². The molecule has 2 N–H and O–H groups in total. The summed E-state index contributed by atoms with van der Waals surface area (Å²) in [4.78, 5) is 16.0. The standard InChI is InChI=1S/C26H46N2OS2/c1-2-3-4-5-6-7-8-9-10-11-12-13-14-15-16-17-20-24(26(27)29)23-30-31-25-21-18-19-22-28-25/h18-19,21-22,24H,2-17,20,23H2,1H3,(H2,27,29). The minimum Gasteiger partial charge on any atom is -0.369 e. The molecule has 0 fully saturated rings. The highest BCUT2D eigenvalue weighted by Crippen LogP contribution is 2.31. The fourth-order valence-electron chi connectivity index (χ4n) is 3.82. The number of rotatable bonds is 22. The van der Waals surface area contributed by atoms with Crippen LogP contribution in [0.25, 0.3) is 0 Å². The number of amides is 1. The predicted octanol–water partition coefficient (Wildman–Crippen LogP) is 8.58. The number of carbonyl (C=O) groups is 1. The average molecular weight is 467 g/mol. The molecule has 1 heterocycles. The molecule has 0 aromatic carbocycles. The molecule has 1 rings (SSSR count). The van der Waals surface area contributed by atoms with Gasteiger partial charge in [-0.25, -0.2) is 4.98 Å². The summed E-state index contributed by atoms with van der Waals surface area (Å²) in [7, 11) is 3.31. The van der Waals surface area contributed by atoms with E-state index in [1.54, 1.807) is 27.8 Å². The summed E-state index contributed by atoms with van der Waals surface area (Å²) < 4.78 is 0. The monoisotopic (exact) mass is 466 g/mol. The zero-order chi connectivity index (χ0) is 22.4. The summed E-state index contributed by atoms with van der Waals surface area (Å²) in [5, 5.41) is 0.984. The number of nitrogens with two attached hydrogens (primary N) is 1. The molecule has 0 saturated heterocycles. The van der Waals surface area contributed by atoms with Crippen LogP contribution in [0.15, 0.2) is 29.4 Å². The van der Waals surface area contributed by atoms with Crippen LogP contribution in [0, 0.1) is 5.92 Å². The summed E-state index contributed by atoms with van der Waals surface area (Å²) in [5.41, 5.74) is 5.61. The molecule has 0 saturated carbocycles. The molecule has 1 aromatic heterocycles. The summed E-state index contributed by atoms with van der Waals surface area (Å²) in [5.74, 6) is 0.595. The third kappa shape index (κ3) is 17.5. The van der Waals surface area contributed by atoms with Gasteiger partial charge in [-0.1, -0.05) is 127 Å². The van der Waals surface area contributed by atoms with Gasteiger partial charge in [-0.05, 0) is 29.3 Å². The molecule has 0 radical (unpaired) electrons. The number of carbonyl (C=O) groups excluding carboxylic acids is 1. The van der Waals surface area contributed by atoms with Crippen molar-refractivity contribution >= 4 is 27.5 Å². The van der Waals surface area contributed by atoms with Gasteiger partial charge in [0.15, 0.2) is 0 Å². The largest absolute Gasteiger partial charge is 0.369 e. The number of hydrogen-bond donors (Lipinski definition) is 1. The molecule has 0 aliphatic carbocycles. The molecule has 1 unspecified atom stereocenters. The summed E-state index contributed by atoms with van der Waals surface area (Å²) in [6.07, 6.45) is 24.6. The first kappa shape index (κ1) is 28.4. The average Bonchev–Trinajstić information content (AvgIpc) is 2.78. The van der Waals surface area contributed by atoms with Crippen molar-refractivity contribution in [2.24, 2.45) is 11.7 Å². The van der Waals surface area contributed by atoms with E-state index in [0.29, 0.717) is 0 Å². The Morgan fingerprint density at radius 2 is 1.35 bits per heavy atom. The third-order valence-electron chi connectivity index (χ3n) is 5.86. The Bertz CT molecular complexity index is 527. The molecular weight excluding hydrogens is 420 g/mol. The van der Waals surface area contributed by atoms with Gasteiger partial charge < -0.3 is 5.73 Å². The summed E-state index contributed by atoms with van der Waals surface area (Å²) in [6, 6.07) is 5.89. The van der Waals surface area contributed by atoms with Crippen LogP contribution in [0.5, 0.6) is 0 Å². The second-order valence-corrected chi connectivity index (χ2v) is 11.1. The molecule has 0 spiro atoms. The van der Waals surface area contributed by atoms with Crippen molar-refractivity contribution < 1.29 is 4.79 Å². The van der Waals surface area contributed by atoms with Crippen molar-refractivity contribution in [3.8, 4) is 0 Å². The van der Waals surface area contributed by atoms with Gasteiger partial charge in [0.2, 0.25) is 5.91 Å². The quantitative estimate of drug-likeness (QED) is 0.137. The molecule has 1 aromatic rings. The summed E-state index contributed by atoms with van der Waals surface area (Å²) >= 11 is 0. The lowest BCUT2D eigenvalue weighted by molar-refractivity contribution is -0.121. The van der Waals surface area contributed by atoms with Crippen molar-refractivity contribution in [3.63, 3.8) is 0 Å². The normalized spacial score (nSPS) is 12.2. The third-order valence-corrected chi connectivity index (χ3v) is 8.20. The Labute approximate surface area is 199 Å². The van der Waals surface area contributed by atoms with Gasteiger partial charge in [-0.3, -0.25) is 4.79 Å². The molecule has 1 atom stereocenters. The van der Waals surface area contributed by atoms with Crippen LogP contribution in [0.4, 0.5) is 0 Å². The minimum absolute atomic E-state index is 0.0205. The SMILES string of the molecule is CCCCCCCCCCCCCCCCCCC(CSSc1ccccn1)C(N)=O. The van der Waals surface area contributed by atoms with Crippen molar-refractivity contribution in [2.75, 3.05) is 5.75 Å². The van der Waals surface area contributed by atoms with E-state index in [0.717, 1.165) is 23.6 Å². The first-order chi connectivity index (χ1) is 15.2. The van der Waals surface area contributed by atoms with Crippen molar-refractivity contribution in [1.29, 1.82) is 0 Å². The topological polar surface area (TPSA) is 56.0 Å². The fraction of sp³-hybridized carbons (Fsp3) is 0.769. The number of unbranched alkanes of at least 4 members (excludes halogenated alkanes) is 15. The van der Waals surface area contributed by atoms with Crippen molar-refractivity contribution in [1.82, 2.24) is 4.98 Å². The molecule has 0 aliphatic heterocycles. The van der Waals surface area contributed by atoms with E-state index in [4.69, 9.17) is 5.73 Å². The van der Waals surface area contributed by atoms with E-state index >= 15 is 0 Å². The van der Waals surface area contributed by atoms with Gasteiger partial charge in [0.25, 0.3) is 0 Å². The molecular formula is C26H46N2OS2. The molecule has 5 heteroatoms. The zero-order valence-electron chi connectivity index (χ0n) is 19.9. The lowest BCUT2D eigenvalue weighted by Gasteiger charge is -2.12. The second kappa shape index (κ2) is 21.2. The number of aromatic nitrogens is 1. The molecule has 178 valence electrons. The Balaban J connectivity index is 1.87. The lowest BCUT2D eigenvalue weighted by atomic mass is 10.0. The Morgan fingerprint density at radius 3 is 1.81 bits per heavy atom. The van der Waals surface area contributed by atoms with Crippen LogP contribution in [0.3, 0.4) is 0 Å². The van der Waals surface area contributed by atoms with Crippen LogP contribution < -0.4 is 5.73 Å². The maximum atomic E-state index is 11.7. The van der Waals surface area contributed by atoms with E-state index in [1.165, 1.54) is 96.3 Å². The number of pyridine rings is 1. The highest BCUT2D eigenvalue weighted by atomic mass is 33.1. The smallest absolute Gasteiger partial charge is 0.221 e. The molecule has 0 bridgehead atoms. The van der Waals surface area contributed by atoms with Crippen LogP contribution in [-0.4, -0.2) is 16.6 Å². The van der Waals surface area contributed by atoms with E-state index in [-0.39, 0.29) is 11.8 Å². The second-order valence-electron chi connectivity index (χ2n) is 8.73. The fourth-order valence-corrected chi connectivity index (χ4v) is 6.10. The van der Waals surface area contributed by atoms with Gasteiger partial charge in [0.05, 0.1) is 0 Å². The highest BCUT2D eigenvalue weighted by molar-refractivity contribution is 8.76. The van der Waals surface area contributed by atoms with E-state index < -0.39 is 0 Å². The molecule has 0 aliphatic rings. The zero-order valence-corrected chi connectivity index (χ0v) is 21.5. The Kier molecular flexibility index (Phi) is 19.4. The van der Waals surface area contributed by atoms with Crippen LogP contribution in [0.2, 0.25) is 0 Å². The highest BCUT2D eigenvalue weighted by Gasteiger charge is 2.15. The predicted molar refractivity (Wildman–Crippen MR) is 139 cm³/mol. The molecule has 31 heavy (non-hydrogen) atoms. The molecule has 3 nitrogen and oxygen atoms in total. The van der Waals surface area contributed by atoms with Crippen LogP contribution >= 0.6 is 21.6 Å². The lowest BCUT2D eigenvalue weighted by Crippen LogP contribution is -2.25. The molecule has 1 amide bonds. The van der Waals surface area contributed by atoms with Gasteiger partial charge in [-0.2, -0.15) is 0 Å². The van der Waals surface area contributed by atoms with Gasteiger partial charge in [0.1, 0.15) is 5.03 Å². The van der Waals surface area contributed by atoms with Crippen LogP contribution in [-0.2, 0) is 4.79 Å². The van der Waals surface area contributed by atoms with E-state index in [1.807, 2.05) is 18.2 Å². The summed E-state index contributed by atoms with van der Waals surface area (Å²) in [6.45, 7) is 2.28. The van der Waals surface area contributed by atoms with Gasteiger partial charge in [-0.15, -0.1) is 0 Å². The maximum Gasteiger partial charge on any atom is 0.221 e. The number of hydrogen-bond acceptors (Lipinski definition) is 4. The minimum atomic E-state index is -0.157. The maximum absolute atomic E-state index is 11.7. The number of primary amides is 1. The number of nitrogens with zero attached hydrogens (tertiary/aromatic N) is 1. The Hall–Kier alpha value is -0.680. The van der Waals surface area contributed by atoms with Crippen LogP contribution in [0.1, 0.15) is 116 Å². The first-order valence-corrected chi connectivity index (χ1v) is 15.1. The van der Waals surface area contributed by atoms with Crippen molar-refractivity contribution in [3.05, 3.63) is 24.4 Å². The van der Waals surface area contributed by atoms with E-state index in [9.17, 15) is 4.79 Å². The van der Waals surface area contributed by atoms with E-state index in [2.05, 4.69) is 11.9 Å². The van der Waals surface area contributed by atoms with Gasteiger partial charge in [0, 0.05) is 17.9 Å². The first-order valence-electron chi connectivity index (χ1n) is 12.7. The van der Waals surface area contributed by atoms with Gasteiger partial charge >= 0.3 is 0 Å².